The lowest BCUT2D eigenvalue weighted by Gasteiger charge is -2.43. The van der Waals surface area contributed by atoms with Crippen molar-refractivity contribution in [2.24, 2.45) is 11.8 Å². The Morgan fingerprint density at radius 2 is 2.04 bits per heavy atom. The average molecular weight is 313 g/mol. The second kappa shape index (κ2) is 4.74. The molecule has 2 aliphatic carbocycles. The highest BCUT2D eigenvalue weighted by Crippen LogP contribution is 2.55. The highest BCUT2D eigenvalue weighted by atomic mass is 16.5. The van der Waals surface area contributed by atoms with Crippen LogP contribution in [0.3, 0.4) is 0 Å². The summed E-state index contributed by atoms with van der Waals surface area (Å²) in [6, 6.07) is 3.62. The largest absolute Gasteiger partial charge is 0.371 e. The maximum atomic E-state index is 13.0. The van der Waals surface area contributed by atoms with E-state index in [0.717, 1.165) is 0 Å². The van der Waals surface area contributed by atoms with Gasteiger partial charge in [0, 0.05) is 12.7 Å². The first-order valence-corrected chi connectivity index (χ1v) is 8.38. The van der Waals surface area contributed by atoms with Crippen molar-refractivity contribution in [1.29, 1.82) is 0 Å². The number of tetrazole rings is 1. The van der Waals surface area contributed by atoms with E-state index in [-0.39, 0.29) is 11.5 Å². The molecule has 1 saturated heterocycles. The summed E-state index contributed by atoms with van der Waals surface area (Å²) in [7, 11) is 0. The zero-order valence-corrected chi connectivity index (χ0v) is 12.9. The molecule has 0 N–H and O–H groups in total. The van der Waals surface area contributed by atoms with Crippen LogP contribution in [-0.2, 0) is 4.74 Å². The van der Waals surface area contributed by atoms with Gasteiger partial charge in [-0.25, -0.2) is 0 Å². The molecule has 120 valence electrons. The number of rotatable bonds is 3. The van der Waals surface area contributed by atoms with Gasteiger partial charge in [-0.15, -0.1) is 5.10 Å². The SMILES string of the molecule is O=C(c1cccn2nnnc12)N1CCOC(C2CC2)(C2CC2)C1. The third-order valence-electron chi connectivity index (χ3n) is 5.45. The Hall–Kier alpha value is -2.02. The van der Waals surface area contributed by atoms with Crippen LogP contribution in [0.1, 0.15) is 36.0 Å². The number of ether oxygens (including phenoxy) is 1. The van der Waals surface area contributed by atoms with Crippen LogP contribution >= 0.6 is 0 Å². The number of pyridine rings is 1. The number of hydrogen-bond donors (Lipinski definition) is 0. The predicted molar refractivity (Wildman–Crippen MR) is 80.8 cm³/mol. The van der Waals surface area contributed by atoms with Crippen molar-refractivity contribution in [2.75, 3.05) is 19.7 Å². The third-order valence-corrected chi connectivity index (χ3v) is 5.45. The van der Waals surface area contributed by atoms with Gasteiger partial charge in [0.2, 0.25) is 0 Å². The molecule has 0 radical (unpaired) electrons. The molecule has 23 heavy (non-hydrogen) atoms. The fourth-order valence-electron chi connectivity index (χ4n) is 4.02. The summed E-state index contributed by atoms with van der Waals surface area (Å²) in [4.78, 5) is 15.0. The molecule has 1 aliphatic heterocycles. The van der Waals surface area contributed by atoms with Gasteiger partial charge in [-0.3, -0.25) is 4.79 Å². The first kappa shape index (κ1) is 13.4. The van der Waals surface area contributed by atoms with Gasteiger partial charge in [0.15, 0.2) is 5.65 Å². The molecule has 3 heterocycles. The average Bonchev–Trinajstić information content (AvgIpc) is 3.50. The summed E-state index contributed by atoms with van der Waals surface area (Å²) in [5.74, 6) is 1.28. The Bertz CT molecular complexity index is 753. The van der Waals surface area contributed by atoms with Crippen molar-refractivity contribution in [3.63, 3.8) is 0 Å². The Balaban J connectivity index is 1.46. The molecular formula is C16H19N5O2. The third kappa shape index (κ3) is 2.06. The molecule has 0 aromatic carbocycles. The molecule has 2 saturated carbocycles. The second-order valence-electron chi connectivity index (χ2n) is 6.95. The molecule has 0 spiro atoms. The molecule has 0 unspecified atom stereocenters. The highest BCUT2D eigenvalue weighted by Gasteiger charge is 2.57. The summed E-state index contributed by atoms with van der Waals surface area (Å²) in [6.07, 6.45) is 6.71. The Labute approximate surface area is 133 Å². The standard InChI is InChI=1S/C16H19N5O2/c22-15(13-2-1-7-21-14(13)17-18-19-21)20-8-9-23-16(10-20,11-3-4-11)12-5-6-12/h1-2,7,11-12H,3-6,8-10H2. The van der Waals surface area contributed by atoms with Gasteiger partial charge in [0.1, 0.15) is 0 Å². The number of amides is 1. The monoisotopic (exact) mass is 313 g/mol. The van der Waals surface area contributed by atoms with Crippen LogP contribution in [0, 0.1) is 11.8 Å². The van der Waals surface area contributed by atoms with Gasteiger partial charge in [-0.1, -0.05) is 0 Å². The zero-order chi connectivity index (χ0) is 15.4. The van der Waals surface area contributed by atoms with E-state index < -0.39 is 0 Å². The van der Waals surface area contributed by atoms with Crippen LogP contribution < -0.4 is 0 Å². The first-order chi connectivity index (χ1) is 11.3. The number of aromatic nitrogens is 4. The van der Waals surface area contributed by atoms with E-state index in [1.54, 1.807) is 16.8 Å². The molecule has 5 rings (SSSR count). The second-order valence-corrected chi connectivity index (χ2v) is 6.95. The summed E-state index contributed by atoms with van der Waals surface area (Å²) in [6.45, 7) is 1.99. The Morgan fingerprint density at radius 1 is 1.26 bits per heavy atom. The van der Waals surface area contributed by atoms with Crippen LogP contribution in [0.2, 0.25) is 0 Å². The van der Waals surface area contributed by atoms with Crippen LogP contribution in [0.5, 0.6) is 0 Å². The van der Waals surface area contributed by atoms with E-state index in [9.17, 15) is 4.79 Å². The molecular weight excluding hydrogens is 294 g/mol. The number of fused-ring (bicyclic) bond motifs is 1. The van der Waals surface area contributed by atoms with E-state index in [2.05, 4.69) is 15.5 Å². The van der Waals surface area contributed by atoms with Crippen molar-refractivity contribution in [2.45, 2.75) is 31.3 Å². The smallest absolute Gasteiger partial charge is 0.257 e. The van der Waals surface area contributed by atoms with Gasteiger partial charge in [-0.05, 0) is 60.1 Å². The topological polar surface area (TPSA) is 72.6 Å². The summed E-state index contributed by atoms with van der Waals surface area (Å²) < 4.78 is 7.81. The lowest BCUT2D eigenvalue weighted by Crippen LogP contribution is -2.56. The molecule has 3 fully saturated rings. The van der Waals surface area contributed by atoms with Gasteiger partial charge in [0.25, 0.3) is 5.91 Å². The molecule has 3 aliphatic rings. The molecule has 0 atom stereocenters. The maximum Gasteiger partial charge on any atom is 0.257 e. The fourth-order valence-corrected chi connectivity index (χ4v) is 4.02. The molecule has 0 bridgehead atoms. The summed E-state index contributed by atoms with van der Waals surface area (Å²) >= 11 is 0. The number of hydrogen-bond acceptors (Lipinski definition) is 5. The molecule has 7 heteroatoms. The molecule has 2 aromatic rings. The molecule has 7 nitrogen and oxygen atoms in total. The minimum atomic E-state index is -0.0924. The van der Waals surface area contributed by atoms with Gasteiger partial charge in [-0.2, -0.15) is 4.52 Å². The molecule has 2 aromatic heterocycles. The van der Waals surface area contributed by atoms with Crippen molar-refractivity contribution in [3.8, 4) is 0 Å². The van der Waals surface area contributed by atoms with E-state index >= 15 is 0 Å². The first-order valence-electron chi connectivity index (χ1n) is 8.38. The van der Waals surface area contributed by atoms with Crippen LogP contribution in [0.25, 0.3) is 5.65 Å². The Kier molecular flexibility index (Phi) is 2.76. The lowest BCUT2D eigenvalue weighted by atomic mass is 9.89. The summed E-state index contributed by atoms with van der Waals surface area (Å²) in [5, 5.41) is 11.5. The number of carbonyl (C=O) groups excluding carboxylic acids is 1. The molecule has 1 amide bonds. The van der Waals surface area contributed by atoms with Crippen LogP contribution in [0.4, 0.5) is 0 Å². The minimum Gasteiger partial charge on any atom is -0.371 e. The number of carbonyl (C=O) groups is 1. The van der Waals surface area contributed by atoms with Crippen molar-refractivity contribution < 1.29 is 9.53 Å². The minimum absolute atomic E-state index is 0.0133. The lowest BCUT2D eigenvalue weighted by molar-refractivity contribution is -0.126. The van der Waals surface area contributed by atoms with Gasteiger partial charge < -0.3 is 9.64 Å². The maximum absolute atomic E-state index is 13.0. The highest BCUT2D eigenvalue weighted by molar-refractivity contribution is 5.99. The van der Waals surface area contributed by atoms with Gasteiger partial charge >= 0.3 is 0 Å². The quantitative estimate of drug-likeness (QED) is 0.850. The van der Waals surface area contributed by atoms with E-state index in [1.807, 2.05) is 11.0 Å². The van der Waals surface area contributed by atoms with Crippen molar-refractivity contribution in [1.82, 2.24) is 24.9 Å². The van der Waals surface area contributed by atoms with Crippen molar-refractivity contribution >= 4 is 11.6 Å². The van der Waals surface area contributed by atoms with E-state index in [0.29, 0.717) is 42.7 Å². The number of morpholine rings is 1. The fraction of sp³-hybridized carbons (Fsp3) is 0.625. The van der Waals surface area contributed by atoms with E-state index in [4.69, 9.17) is 4.74 Å². The van der Waals surface area contributed by atoms with Crippen LogP contribution in [0.15, 0.2) is 18.3 Å². The normalized spacial score (nSPS) is 24.1. The number of nitrogens with zero attached hydrogens (tertiary/aromatic N) is 5. The van der Waals surface area contributed by atoms with Gasteiger partial charge in [0.05, 0.1) is 24.3 Å². The van der Waals surface area contributed by atoms with E-state index in [1.165, 1.54) is 25.7 Å². The Morgan fingerprint density at radius 3 is 2.78 bits per heavy atom. The summed E-state index contributed by atoms with van der Waals surface area (Å²) in [5.41, 5.74) is 0.998. The van der Waals surface area contributed by atoms with Crippen LogP contribution in [-0.4, -0.2) is 56.1 Å². The predicted octanol–water partition coefficient (Wildman–Crippen LogP) is 1.16. The van der Waals surface area contributed by atoms with Crippen molar-refractivity contribution in [3.05, 3.63) is 23.9 Å². The zero-order valence-electron chi connectivity index (χ0n) is 12.9.